The van der Waals surface area contributed by atoms with Crippen molar-refractivity contribution >= 4 is 11.8 Å². The monoisotopic (exact) mass is 289 g/mol. The summed E-state index contributed by atoms with van der Waals surface area (Å²) in [6, 6.07) is 0.983. The number of nitrogen functional groups attached to an aromatic ring is 1. The highest BCUT2D eigenvalue weighted by atomic mass is 19.4. The van der Waals surface area contributed by atoms with Crippen LogP contribution in [0.3, 0.4) is 0 Å². The highest BCUT2D eigenvalue weighted by Crippen LogP contribution is 2.31. The van der Waals surface area contributed by atoms with Crippen LogP contribution in [-0.2, 0) is 6.18 Å². The van der Waals surface area contributed by atoms with E-state index >= 15 is 0 Å². The smallest absolute Gasteiger partial charge is 0.356 e. The molecule has 1 aliphatic rings. The summed E-state index contributed by atoms with van der Waals surface area (Å²) < 4.78 is 38.4. The summed E-state index contributed by atoms with van der Waals surface area (Å²) in [5, 5.41) is 0. The number of hydrazine groups is 1. The topological polar surface area (TPSA) is 67.1 Å². The van der Waals surface area contributed by atoms with Gasteiger partial charge in [-0.15, -0.1) is 0 Å². The Morgan fingerprint density at radius 2 is 2.05 bits per heavy atom. The zero-order valence-electron chi connectivity index (χ0n) is 11.2. The molecule has 1 aromatic heterocycles. The number of hydrogen-bond acceptors (Lipinski definition) is 5. The van der Waals surface area contributed by atoms with Crippen molar-refractivity contribution in [2.45, 2.75) is 32.4 Å². The SMILES string of the molecule is CC1CCCN(c2cc(C(F)(F)F)nc(NN)n2)CC1. The molecule has 1 saturated heterocycles. The summed E-state index contributed by atoms with van der Waals surface area (Å²) >= 11 is 0. The number of alkyl halides is 3. The molecule has 3 N–H and O–H groups in total. The zero-order chi connectivity index (χ0) is 14.8. The molecule has 8 heteroatoms. The molecule has 0 aromatic carbocycles. The Balaban J connectivity index is 2.30. The molecule has 5 nitrogen and oxygen atoms in total. The van der Waals surface area contributed by atoms with Gasteiger partial charge in [0.2, 0.25) is 5.95 Å². The van der Waals surface area contributed by atoms with Crippen molar-refractivity contribution in [1.29, 1.82) is 0 Å². The fourth-order valence-corrected chi connectivity index (χ4v) is 2.30. The maximum atomic E-state index is 12.8. The second kappa shape index (κ2) is 5.82. The second-order valence-corrected chi connectivity index (χ2v) is 5.10. The van der Waals surface area contributed by atoms with Crippen LogP contribution in [0.25, 0.3) is 0 Å². The molecule has 0 spiro atoms. The molecule has 1 unspecified atom stereocenters. The lowest BCUT2D eigenvalue weighted by Gasteiger charge is -2.22. The summed E-state index contributed by atoms with van der Waals surface area (Å²) in [6.45, 7) is 3.54. The average Bonchev–Trinajstić information content (AvgIpc) is 2.62. The third-order valence-corrected chi connectivity index (χ3v) is 3.47. The minimum atomic E-state index is -4.51. The third-order valence-electron chi connectivity index (χ3n) is 3.47. The van der Waals surface area contributed by atoms with Crippen LogP contribution < -0.4 is 16.2 Å². The summed E-state index contributed by atoms with van der Waals surface area (Å²) in [4.78, 5) is 9.25. The fourth-order valence-electron chi connectivity index (χ4n) is 2.30. The maximum absolute atomic E-state index is 12.8. The number of nitrogens with zero attached hydrogens (tertiary/aromatic N) is 3. The molecule has 1 fully saturated rings. The van der Waals surface area contributed by atoms with Crippen molar-refractivity contribution in [3.63, 3.8) is 0 Å². The van der Waals surface area contributed by atoms with Gasteiger partial charge in [-0.1, -0.05) is 6.92 Å². The first kappa shape index (κ1) is 14.8. The average molecular weight is 289 g/mol. The van der Waals surface area contributed by atoms with Crippen molar-refractivity contribution in [2.75, 3.05) is 23.4 Å². The zero-order valence-corrected chi connectivity index (χ0v) is 11.2. The maximum Gasteiger partial charge on any atom is 0.433 e. The molecule has 1 atom stereocenters. The van der Waals surface area contributed by atoms with E-state index in [0.29, 0.717) is 19.0 Å². The number of rotatable bonds is 2. The quantitative estimate of drug-likeness (QED) is 0.646. The van der Waals surface area contributed by atoms with Gasteiger partial charge < -0.3 is 4.90 Å². The van der Waals surface area contributed by atoms with Crippen molar-refractivity contribution < 1.29 is 13.2 Å². The third kappa shape index (κ3) is 3.50. The van der Waals surface area contributed by atoms with E-state index in [1.165, 1.54) is 0 Å². The molecule has 0 radical (unpaired) electrons. The van der Waals surface area contributed by atoms with Crippen LogP contribution in [0.5, 0.6) is 0 Å². The van der Waals surface area contributed by atoms with Crippen LogP contribution in [0.4, 0.5) is 24.9 Å². The number of hydrogen-bond donors (Lipinski definition) is 2. The molecule has 2 rings (SSSR count). The van der Waals surface area contributed by atoms with Gasteiger partial charge in [0, 0.05) is 19.2 Å². The largest absolute Gasteiger partial charge is 0.433 e. The van der Waals surface area contributed by atoms with E-state index in [4.69, 9.17) is 5.84 Å². The van der Waals surface area contributed by atoms with E-state index < -0.39 is 11.9 Å². The fraction of sp³-hybridized carbons (Fsp3) is 0.667. The number of aromatic nitrogens is 2. The molecule has 112 valence electrons. The van der Waals surface area contributed by atoms with Gasteiger partial charge in [0.15, 0.2) is 5.69 Å². The van der Waals surface area contributed by atoms with Crippen molar-refractivity contribution in [3.05, 3.63) is 11.8 Å². The van der Waals surface area contributed by atoms with E-state index in [9.17, 15) is 13.2 Å². The Hall–Kier alpha value is -1.57. The Kier molecular flexibility index (Phi) is 4.32. The van der Waals surface area contributed by atoms with E-state index in [1.54, 1.807) is 0 Å². The predicted molar refractivity (Wildman–Crippen MR) is 70.1 cm³/mol. The Labute approximate surface area is 115 Å². The van der Waals surface area contributed by atoms with E-state index in [2.05, 4.69) is 22.3 Å². The number of halogens is 3. The van der Waals surface area contributed by atoms with Gasteiger partial charge in [0.1, 0.15) is 5.82 Å². The van der Waals surface area contributed by atoms with Crippen molar-refractivity contribution in [2.24, 2.45) is 11.8 Å². The normalized spacial score (nSPS) is 20.6. The van der Waals surface area contributed by atoms with Gasteiger partial charge in [-0.05, 0) is 25.2 Å². The lowest BCUT2D eigenvalue weighted by molar-refractivity contribution is -0.141. The van der Waals surface area contributed by atoms with Gasteiger partial charge in [-0.3, -0.25) is 5.43 Å². The van der Waals surface area contributed by atoms with Gasteiger partial charge in [-0.2, -0.15) is 18.2 Å². The van der Waals surface area contributed by atoms with Crippen LogP contribution in [0.2, 0.25) is 0 Å². The molecule has 2 heterocycles. The summed E-state index contributed by atoms with van der Waals surface area (Å²) in [5.74, 6) is 5.79. The van der Waals surface area contributed by atoms with Gasteiger partial charge in [-0.25, -0.2) is 10.8 Å². The number of nitrogens with one attached hydrogen (secondary N) is 1. The first-order valence-corrected chi connectivity index (χ1v) is 6.58. The molecule has 20 heavy (non-hydrogen) atoms. The highest BCUT2D eigenvalue weighted by molar-refractivity contribution is 5.45. The summed E-state index contributed by atoms with van der Waals surface area (Å²) in [6.07, 6.45) is -1.55. The first-order valence-electron chi connectivity index (χ1n) is 6.58. The van der Waals surface area contributed by atoms with Gasteiger partial charge in [0.25, 0.3) is 0 Å². The first-order chi connectivity index (χ1) is 9.40. The minimum absolute atomic E-state index is 0.216. The molecule has 0 saturated carbocycles. The van der Waals surface area contributed by atoms with Gasteiger partial charge in [0.05, 0.1) is 0 Å². The number of anilines is 2. The molecular weight excluding hydrogens is 271 g/mol. The minimum Gasteiger partial charge on any atom is -0.356 e. The van der Waals surface area contributed by atoms with Crippen LogP contribution in [0.1, 0.15) is 31.9 Å². The molecule has 0 amide bonds. The van der Waals surface area contributed by atoms with Crippen molar-refractivity contribution in [1.82, 2.24) is 9.97 Å². The summed E-state index contributed by atoms with van der Waals surface area (Å²) in [5.41, 5.74) is 1.12. The molecular formula is C12H18F3N5. The van der Waals surface area contributed by atoms with Crippen LogP contribution in [0, 0.1) is 5.92 Å². The highest BCUT2D eigenvalue weighted by Gasteiger charge is 2.34. The lowest BCUT2D eigenvalue weighted by atomic mass is 10.0. The number of nitrogens with two attached hydrogens (primary N) is 1. The van der Waals surface area contributed by atoms with Crippen LogP contribution >= 0.6 is 0 Å². The predicted octanol–water partition coefficient (Wildman–Crippen LogP) is 2.41. The van der Waals surface area contributed by atoms with Gasteiger partial charge >= 0.3 is 6.18 Å². The van der Waals surface area contributed by atoms with Crippen LogP contribution in [-0.4, -0.2) is 23.1 Å². The Bertz CT molecular complexity index is 463. The van der Waals surface area contributed by atoms with E-state index in [1.807, 2.05) is 4.90 Å². The standard InChI is InChI=1S/C12H18F3N5/c1-8-3-2-5-20(6-4-8)10-7-9(12(13,14)15)17-11(18-10)19-16/h7-8H,2-6,16H2,1H3,(H,17,18,19). The lowest BCUT2D eigenvalue weighted by Crippen LogP contribution is -2.27. The molecule has 1 aromatic rings. The van der Waals surface area contributed by atoms with E-state index in [-0.39, 0.29) is 11.8 Å². The summed E-state index contributed by atoms with van der Waals surface area (Å²) in [7, 11) is 0. The Morgan fingerprint density at radius 1 is 1.30 bits per heavy atom. The second-order valence-electron chi connectivity index (χ2n) is 5.10. The van der Waals surface area contributed by atoms with Crippen LogP contribution in [0.15, 0.2) is 6.07 Å². The van der Waals surface area contributed by atoms with Crippen molar-refractivity contribution in [3.8, 4) is 0 Å². The molecule has 0 bridgehead atoms. The Morgan fingerprint density at radius 3 is 2.70 bits per heavy atom. The van der Waals surface area contributed by atoms with E-state index in [0.717, 1.165) is 25.3 Å². The molecule has 1 aliphatic heterocycles. The molecule has 0 aliphatic carbocycles.